The van der Waals surface area contributed by atoms with Crippen molar-refractivity contribution in [3.8, 4) is 0 Å². The topological polar surface area (TPSA) is 0 Å². The Morgan fingerprint density at radius 3 is 1.56 bits per heavy atom. The van der Waals surface area contributed by atoms with Gasteiger partial charge in [-0.05, 0) is 12.1 Å². The lowest BCUT2D eigenvalue weighted by Crippen LogP contribution is -2.34. The lowest BCUT2D eigenvalue weighted by atomic mass is 10.1. The van der Waals surface area contributed by atoms with Gasteiger partial charge in [-0.3, -0.25) is 0 Å². The summed E-state index contributed by atoms with van der Waals surface area (Å²) in [6, 6.07) is 1.08. The molecule has 1 rings (SSSR count). The first kappa shape index (κ1) is 13.8. The van der Waals surface area contributed by atoms with Crippen LogP contribution >= 0.6 is 31.9 Å². The van der Waals surface area contributed by atoms with E-state index in [-0.39, 0.29) is 0 Å². The third kappa shape index (κ3) is 2.37. The van der Waals surface area contributed by atoms with Crippen molar-refractivity contribution in [1.29, 1.82) is 0 Å². The van der Waals surface area contributed by atoms with Crippen molar-refractivity contribution in [3.63, 3.8) is 0 Å². The minimum absolute atomic E-state index is 0.541. The Labute approximate surface area is 103 Å². The Morgan fingerprint density at radius 1 is 0.875 bits per heavy atom. The maximum absolute atomic E-state index is 13.0. The van der Waals surface area contributed by atoms with E-state index in [1.807, 2.05) is 0 Å². The molecule has 1 aromatic rings. The molecule has 0 aliphatic carbocycles. The number of hydrogen-bond acceptors (Lipinski definition) is 0. The molecule has 0 amide bonds. The number of alkyl halides is 5. The molecule has 0 spiro atoms. The molecule has 0 radical (unpaired) electrons. The number of rotatable bonds is 1. The van der Waals surface area contributed by atoms with Crippen molar-refractivity contribution in [2.24, 2.45) is 0 Å². The van der Waals surface area contributed by atoms with Gasteiger partial charge in [0.05, 0.1) is 5.56 Å². The van der Waals surface area contributed by atoms with E-state index in [2.05, 4.69) is 31.9 Å². The summed E-state index contributed by atoms with van der Waals surface area (Å²) >= 11 is 4.95. The number of benzene rings is 1. The van der Waals surface area contributed by atoms with E-state index < -0.39 is 32.4 Å². The fraction of sp³-hybridized carbons (Fsp3) is 0.250. The van der Waals surface area contributed by atoms with Gasteiger partial charge in [0.1, 0.15) is 5.82 Å². The molecule has 0 aromatic heterocycles. The van der Waals surface area contributed by atoms with E-state index in [0.29, 0.717) is 12.1 Å². The van der Waals surface area contributed by atoms with Crippen molar-refractivity contribution in [3.05, 3.63) is 32.5 Å². The number of halogens is 8. The summed E-state index contributed by atoms with van der Waals surface area (Å²) in [6.45, 7) is 0. The van der Waals surface area contributed by atoms with Gasteiger partial charge in [-0.2, -0.15) is 22.0 Å². The van der Waals surface area contributed by atoms with Gasteiger partial charge in [-0.15, -0.1) is 0 Å². The highest BCUT2D eigenvalue weighted by atomic mass is 79.9. The van der Waals surface area contributed by atoms with Crippen LogP contribution in [0, 0.1) is 5.82 Å². The molecule has 0 aliphatic heterocycles. The van der Waals surface area contributed by atoms with Crippen LogP contribution in [0.2, 0.25) is 0 Å². The minimum Gasteiger partial charge on any atom is -0.207 e. The second-order valence-corrected chi connectivity index (χ2v) is 4.53. The molecule has 0 fully saturated rings. The molecule has 0 saturated carbocycles. The molecule has 0 N–H and O–H groups in total. The monoisotopic (exact) mass is 370 g/mol. The van der Waals surface area contributed by atoms with E-state index in [4.69, 9.17) is 0 Å². The fourth-order valence-corrected chi connectivity index (χ4v) is 2.61. The van der Waals surface area contributed by atoms with Crippen LogP contribution in [0.1, 0.15) is 5.56 Å². The van der Waals surface area contributed by atoms with Crippen LogP contribution in [0.15, 0.2) is 21.1 Å². The van der Waals surface area contributed by atoms with E-state index in [9.17, 15) is 26.3 Å². The average Bonchev–Trinajstić information content (AvgIpc) is 1.97. The van der Waals surface area contributed by atoms with Crippen LogP contribution in [0.25, 0.3) is 0 Å². The molecular formula is C8H2Br2F6. The summed E-state index contributed by atoms with van der Waals surface area (Å²) in [5, 5.41) is 0. The normalized spacial score (nSPS) is 13.0. The highest BCUT2D eigenvalue weighted by molar-refractivity contribution is 9.11. The van der Waals surface area contributed by atoms with Gasteiger partial charge in [-0.1, -0.05) is 31.9 Å². The average molecular weight is 372 g/mol. The lowest BCUT2D eigenvalue weighted by molar-refractivity contribution is -0.289. The first-order valence-corrected chi connectivity index (χ1v) is 5.25. The van der Waals surface area contributed by atoms with Crippen molar-refractivity contribution < 1.29 is 26.3 Å². The fourth-order valence-electron chi connectivity index (χ4n) is 0.984. The van der Waals surface area contributed by atoms with E-state index in [1.165, 1.54) is 0 Å². The number of hydrogen-bond donors (Lipinski definition) is 0. The second kappa shape index (κ2) is 4.21. The van der Waals surface area contributed by atoms with Gasteiger partial charge in [0, 0.05) is 8.95 Å². The van der Waals surface area contributed by atoms with Gasteiger partial charge in [0.15, 0.2) is 0 Å². The summed E-state index contributed by atoms with van der Waals surface area (Å²) in [7, 11) is 0. The largest absolute Gasteiger partial charge is 0.458 e. The molecule has 0 heterocycles. The van der Waals surface area contributed by atoms with Crippen LogP contribution in [-0.2, 0) is 5.92 Å². The molecule has 0 atom stereocenters. The molecule has 0 unspecified atom stereocenters. The summed E-state index contributed by atoms with van der Waals surface area (Å²) in [5.74, 6) is -5.99. The predicted octanol–water partition coefficient (Wildman–Crippen LogP) is 5.00. The first-order chi connectivity index (χ1) is 7.07. The van der Waals surface area contributed by atoms with Crippen LogP contribution < -0.4 is 0 Å². The van der Waals surface area contributed by atoms with Crippen LogP contribution in [0.4, 0.5) is 26.3 Å². The SMILES string of the molecule is Fc1cc(Br)c(C(F)(F)C(F)(F)F)c(Br)c1. The van der Waals surface area contributed by atoms with Crippen LogP contribution in [0.5, 0.6) is 0 Å². The molecule has 90 valence electrons. The van der Waals surface area contributed by atoms with Crippen molar-refractivity contribution >= 4 is 31.9 Å². The molecular weight excluding hydrogens is 370 g/mol. The molecule has 0 bridgehead atoms. The van der Waals surface area contributed by atoms with E-state index >= 15 is 0 Å². The van der Waals surface area contributed by atoms with Crippen LogP contribution in [0.3, 0.4) is 0 Å². The molecule has 0 aliphatic rings. The summed E-state index contributed by atoms with van der Waals surface area (Å²) < 4.78 is 73.7. The van der Waals surface area contributed by atoms with Gasteiger partial charge in [0.2, 0.25) is 0 Å². The lowest BCUT2D eigenvalue weighted by Gasteiger charge is -2.22. The van der Waals surface area contributed by atoms with E-state index in [0.717, 1.165) is 0 Å². The summed E-state index contributed by atoms with van der Waals surface area (Å²) in [4.78, 5) is 0. The molecule has 0 saturated heterocycles. The van der Waals surface area contributed by atoms with Crippen molar-refractivity contribution in [2.75, 3.05) is 0 Å². The molecule has 0 nitrogen and oxygen atoms in total. The Morgan fingerprint density at radius 2 is 1.25 bits per heavy atom. The smallest absolute Gasteiger partial charge is 0.207 e. The summed E-state index contributed by atoms with van der Waals surface area (Å²) in [5.41, 5.74) is -1.35. The van der Waals surface area contributed by atoms with Gasteiger partial charge < -0.3 is 0 Å². The molecule has 1 aromatic carbocycles. The Kier molecular flexibility index (Phi) is 3.64. The molecule has 8 heteroatoms. The highest BCUT2D eigenvalue weighted by Gasteiger charge is 2.60. The van der Waals surface area contributed by atoms with Gasteiger partial charge in [-0.25, -0.2) is 4.39 Å². The third-order valence-corrected chi connectivity index (χ3v) is 2.93. The Hall–Kier alpha value is -0.240. The van der Waals surface area contributed by atoms with Crippen LogP contribution in [-0.4, -0.2) is 6.18 Å². The van der Waals surface area contributed by atoms with Gasteiger partial charge in [0.25, 0.3) is 0 Å². The Balaban J connectivity index is 3.45. The quantitative estimate of drug-likeness (QED) is 0.609. The zero-order chi connectivity index (χ0) is 12.7. The Bertz CT molecular complexity index is 388. The maximum atomic E-state index is 13.0. The highest BCUT2D eigenvalue weighted by Crippen LogP contribution is 2.48. The third-order valence-electron chi connectivity index (χ3n) is 1.68. The second-order valence-electron chi connectivity index (χ2n) is 2.82. The minimum atomic E-state index is -5.74. The standard InChI is InChI=1S/C8H2Br2F6/c9-4-1-3(11)2-5(10)6(4)7(12,13)8(14,15)16/h1-2H. The summed E-state index contributed by atoms with van der Waals surface area (Å²) in [6.07, 6.45) is -5.74. The van der Waals surface area contributed by atoms with Gasteiger partial charge >= 0.3 is 12.1 Å². The zero-order valence-corrected chi connectivity index (χ0v) is 10.4. The molecule has 16 heavy (non-hydrogen) atoms. The van der Waals surface area contributed by atoms with E-state index in [1.54, 1.807) is 0 Å². The zero-order valence-electron chi connectivity index (χ0n) is 7.18. The van der Waals surface area contributed by atoms with Crippen molar-refractivity contribution in [2.45, 2.75) is 12.1 Å². The van der Waals surface area contributed by atoms with Crippen molar-refractivity contribution in [1.82, 2.24) is 0 Å². The predicted molar refractivity (Wildman–Crippen MR) is 51.7 cm³/mol. The maximum Gasteiger partial charge on any atom is 0.458 e. The first-order valence-electron chi connectivity index (χ1n) is 3.67.